The van der Waals surface area contributed by atoms with Gasteiger partial charge in [-0.25, -0.2) is 0 Å². The van der Waals surface area contributed by atoms with Crippen LogP contribution >= 0.6 is 15.9 Å². The van der Waals surface area contributed by atoms with Gasteiger partial charge in [-0.15, -0.1) is 0 Å². The topological polar surface area (TPSA) is 35.9 Å². The number of hydrogen-bond acceptors (Lipinski definition) is 4. The largest absolute Gasteiger partial charge is 0.503 e. The van der Waals surface area contributed by atoms with Gasteiger partial charge in [-0.05, 0) is 85.5 Å². The zero-order valence-electron chi connectivity index (χ0n) is 13.9. The summed E-state index contributed by atoms with van der Waals surface area (Å²) < 4.78 is 5.95. The number of hydrogen-bond donors (Lipinski definition) is 1. The summed E-state index contributed by atoms with van der Waals surface area (Å²) >= 11 is 3.41. The first-order valence-electron chi connectivity index (χ1n) is 8.69. The van der Waals surface area contributed by atoms with Crippen molar-refractivity contribution in [2.45, 2.75) is 44.7 Å². The van der Waals surface area contributed by atoms with E-state index < -0.39 is 0 Å². The van der Waals surface area contributed by atoms with Crippen molar-refractivity contribution in [3.05, 3.63) is 22.2 Å². The van der Waals surface area contributed by atoms with Gasteiger partial charge in [0, 0.05) is 12.6 Å². The second-order valence-corrected chi connectivity index (χ2v) is 7.59. The Bertz CT molecular complexity index is 524. The predicted octanol–water partition coefficient (Wildman–Crippen LogP) is 3.61. The van der Waals surface area contributed by atoms with E-state index in [1.54, 1.807) is 7.11 Å². The van der Waals surface area contributed by atoms with Crippen LogP contribution in [-0.2, 0) is 6.54 Å². The first-order chi connectivity index (χ1) is 11.2. The van der Waals surface area contributed by atoms with Gasteiger partial charge in [0.15, 0.2) is 11.5 Å². The Kier molecular flexibility index (Phi) is 5.83. The highest BCUT2D eigenvalue weighted by Crippen LogP contribution is 2.35. The third kappa shape index (κ3) is 4.20. The lowest BCUT2D eigenvalue weighted by atomic mass is 9.99. The van der Waals surface area contributed by atoms with Crippen molar-refractivity contribution in [2.75, 3.05) is 33.3 Å². The number of nitrogens with zero attached hydrogens (tertiary/aromatic N) is 2. The monoisotopic (exact) mass is 382 g/mol. The predicted molar refractivity (Wildman–Crippen MR) is 96.1 cm³/mol. The standard InChI is InChI=1S/C18H27BrN2O2/c1-23-17-12-14(11-16(19)18(17)22)13-20-9-5-15(6-10-20)21-7-3-2-4-8-21/h11-12,15,22H,2-10,13H2,1H3. The molecule has 0 aliphatic carbocycles. The van der Waals surface area contributed by atoms with E-state index in [1.807, 2.05) is 12.1 Å². The van der Waals surface area contributed by atoms with Crippen LogP contribution in [0.3, 0.4) is 0 Å². The molecule has 3 rings (SSSR count). The Morgan fingerprint density at radius 3 is 2.48 bits per heavy atom. The first-order valence-corrected chi connectivity index (χ1v) is 9.48. The number of halogens is 1. The molecule has 2 heterocycles. The summed E-state index contributed by atoms with van der Waals surface area (Å²) in [4.78, 5) is 5.22. The molecule has 0 aromatic heterocycles. The number of methoxy groups -OCH3 is 1. The van der Waals surface area contributed by atoms with E-state index in [9.17, 15) is 5.11 Å². The van der Waals surface area contributed by atoms with Crippen molar-refractivity contribution in [1.29, 1.82) is 0 Å². The summed E-state index contributed by atoms with van der Waals surface area (Å²) in [6.07, 6.45) is 6.71. The second-order valence-electron chi connectivity index (χ2n) is 6.73. The van der Waals surface area contributed by atoms with Gasteiger partial charge >= 0.3 is 0 Å². The molecule has 2 aliphatic rings. The van der Waals surface area contributed by atoms with Crippen molar-refractivity contribution in [2.24, 2.45) is 0 Å². The van der Waals surface area contributed by atoms with Crippen molar-refractivity contribution in [3.8, 4) is 11.5 Å². The minimum Gasteiger partial charge on any atom is -0.503 e. The molecule has 23 heavy (non-hydrogen) atoms. The molecule has 0 atom stereocenters. The molecule has 1 aromatic rings. The molecule has 0 unspecified atom stereocenters. The molecule has 5 heteroatoms. The van der Waals surface area contributed by atoms with Gasteiger partial charge in [0.2, 0.25) is 0 Å². The van der Waals surface area contributed by atoms with Crippen molar-refractivity contribution in [3.63, 3.8) is 0 Å². The Morgan fingerprint density at radius 2 is 1.83 bits per heavy atom. The summed E-state index contributed by atoms with van der Waals surface area (Å²) in [6, 6.07) is 4.72. The highest BCUT2D eigenvalue weighted by atomic mass is 79.9. The lowest BCUT2D eigenvalue weighted by Crippen LogP contribution is -2.46. The normalized spacial score (nSPS) is 21.5. The van der Waals surface area contributed by atoms with E-state index in [4.69, 9.17) is 4.74 Å². The number of ether oxygens (including phenoxy) is 1. The number of likely N-dealkylation sites (tertiary alicyclic amines) is 2. The Hall–Kier alpha value is -0.780. The zero-order chi connectivity index (χ0) is 16.2. The van der Waals surface area contributed by atoms with E-state index in [0.29, 0.717) is 10.2 Å². The SMILES string of the molecule is COc1cc(CN2CCC(N3CCCCC3)CC2)cc(Br)c1O. The van der Waals surface area contributed by atoms with Crippen LogP contribution in [-0.4, -0.2) is 54.2 Å². The number of phenols is 1. The second kappa shape index (κ2) is 7.86. The molecule has 0 amide bonds. The number of phenolic OH excluding ortho intramolecular Hbond substituents is 1. The van der Waals surface area contributed by atoms with E-state index in [1.165, 1.54) is 50.8 Å². The smallest absolute Gasteiger partial charge is 0.172 e. The quantitative estimate of drug-likeness (QED) is 0.862. The molecular formula is C18H27BrN2O2. The molecule has 128 valence electrons. The van der Waals surface area contributed by atoms with E-state index in [-0.39, 0.29) is 5.75 Å². The lowest BCUT2D eigenvalue weighted by Gasteiger charge is -2.40. The zero-order valence-corrected chi connectivity index (χ0v) is 15.5. The minimum absolute atomic E-state index is 0.181. The van der Waals surface area contributed by atoms with E-state index in [2.05, 4.69) is 25.7 Å². The van der Waals surface area contributed by atoms with Crippen molar-refractivity contribution < 1.29 is 9.84 Å². The fourth-order valence-electron chi connectivity index (χ4n) is 3.86. The maximum absolute atomic E-state index is 9.92. The number of rotatable bonds is 4. The summed E-state index contributed by atoms with van der Waals surface area (Å²) in [5, 5.41) is 9.92. The van der Waals surface area contributed by atoms with E-state index in [0.717, 1.165) is 25.7 Å². The van der Waals surface area contributed by atoms with Gasteiger partial charge in [0.25, 0.3) is 0 Å². The minimum atomic E-state index is 0.181. The maximum Gasteiger partial charge on any atom is 0.172 e. The Labute approximate surface area is 147 Å². The molecule has 1 N–H and O–H groups in total. The van der Waals surface area contributed by atoms with Crippen LogP contribution in [0.2, 0.25) is 0 Å². The molecule has 1 aromatic carbocycles. The average molecular weight is 383 g/mol. The van der Waals surface area contributed by atoms with Crippen LogP contribution in [0.5, 0.6) is 11.5 Å². The summed E-state index contributed by atoms with van der Waals surface area (Å²) in [7, 11) is 1.59. The van der Waals surface area contributed by atoms with E-state index >= 15 is 0 Å². The fraction of sp³-hybridized carbons (Fsp3) is 0.667. The number of benzene rings is 1. The maximum atomic E-state index is 9.92. The van der Waals surface area contributed by atoms with Gasteiger partial charge in [0.1, 0.15) is 0 Å². The molecule has 2 fully saturated rings. The number of piperidine rings is 2. The van der Waals surface area contributed by atoms with Crippen molar-refractivity contribution in [1.82, 2.24) is 9.80 Å². The molecular weight excluding hydrogens is 356 g/mol. The molecule has 0 radical (unpaired) electrons. The number of aromatic hydroxyl groups is 1. The highest BCUT2D eigenvalue weighted by Gasteiger charge is 2.25. The van der Waals surface area contributed by atoms with Crippen LogP contribution < -0.4 is 4.74 Å². The summed E-state index contributed by atoms with van der Waals surface area (Å²) in [5.74, 6) is 0.720. The molecule has 0 saturated carbocycles. The third-order valence-electron chi connectivity index (χ3n) is 5.18. The summed E-state index contributed by atoms with van der Waals surface area (Å²) in [6.45, 7) is 5.82. The molecule has 2 saturated heterocycles. The van der Waals surface area contributed by atoms with Crippen LogP contribution in [0.1, 0.15) is 37.7 Å². The van der Waals surface area contributed by atoms with Crippen molar-refractivity contribution >= 4 is 15.9 Å². The van der Waals surface area contributed by atoms with Gasteiger partial charge < -0.3 is 14.7 Å². The third-order valence-corrected chi connectivity index (χ3v) is 5.78. The van der Waals surface area contributed by atoms with Gasteiger partial charge in [0.05, 0.1) is 11.6 Å². The first kappa shape index (κ1) is 17.1. The Balaban J connectivity index is 1.55. The van der Waals surface area contributed by atoms with Crippen LogP contribution in [0.4, 0.5) is 0 Å². The summed E-state index contributed by atoms with van der Waals surface area (Å²) in [5.41, 5.74) is 1.18. The van der Waals surface area contributed by atoms with Gasteiger partial charge in [-0.1, -0.05) is 6.42 Å². The molecule has 2 aliphatic heterocycles. The lowest BCUT2D eigenvalue weighted by molar-refractivity contribution is 0.0896. The Morgan fingerprint density at radius 1 is 1.13 bits per heavy atom. The molecule has 0 spiro atoms. The fourth-order valence-corrected chi connectivity index (χ4v) is 4.35. The average Bonchev–Trinajstić information content (AvgIpc) is 2.59. The van der Waals surface area contributed by atoms with Gasteiger partial charge in [-0.3, -0.25) is 4.90 Å². The van der Waals surface area contributed by atoms with Gasteiger partial charge in [-0.2, -0.15) is 0 Å². The molecule has 4 nitrogen and oxygen atoms in total. The van der Waals surface area contributed by atoms with Crippen LogP contribution in [0.25, 0.3) is 0 Å². The van der Waals surface area contributed by atoms with Crippen LogP contribution in [0.15, 0.2) is 16.6 Å². The highest BCUT2D eigenvalue weighted by molar-refractivity contribution is 9.10. The van der Waals surface area contributed by atoms with Crippen LogP contribution in [0, 0.1) is 0 Å². The molecule has 0 bridgehead atoms.